The maximum absolute atomic E-state index is 12.6. The van der Waals surface area contributed by atoms with E-state index in [4.69, 9.17) is 9.47 Å². The van der Waals surface area contributed by atoms with Gasteiger partial charge in [0.15, 0.2) is 0 Å². The number of anilines is 2. The van der Waals surface area contributed by atoms with Crippen LogP contribution in [-0.4, -0.2) is 35.8 Å². The molecule has 2 N–H and O–H groups in total. The van der Waals surface area contributed by atoms with Crippen LogP contribution in [0.3, 0.4) is 0 Å². The molecule has 8 heteroatoms. The SMILES string of the molecule is COc1ccc(-c2c(C)nn3c2NC(=O)C3CC(=O)Nc2cccc(OC)c2)cc1. The maximum atomic E-state index is 12.6. The Morgan fingerprint density at radius 3 is 2.57 bits per heavy atom. The van der Waals surface area contributed by atoms with Crippen LogP contribution in [0.15, 0.2) is 48.5 Å². The second-order valence-corrected chi connectivity index (χ2v) is 6.97. The number of rotatable bonds is 6. The van der Waals surface area contributed by atoms with Gasteiger partial charge in [0.25, 0.3) is 5.91 Å². The average Bonchev–Trinajstić information content (AvgIpc) is 3.22. The van der Waals surface area contributed by atoms with Gasteiger partial charge in [-0.15, -0.1) is 0 Å². The van der Waals surface area contributed by atoms with Crippen molar-refractivity contribution in [2.75, 3.05) is 24.9 Å². The highest BCUT2D eigenvalue weighted by molar-refractivity contribution is 6.04. The van der Waals surface area contributed by atoms with Gasteiger partial charge in [0.05, 0.1) is 26.3 Å². The number of fused-ring (bicyclic) bond motifs is 1. The molecule has 0 saturated carbocycles. The van der Waals surface area contributed by atoms with Crippen LogP contribution >= 0.6 is 0 Å². The zero-order valence-corrected chi connectivity index (χ0v) is 16.9. The number of ether oxygens (including phenoxy) is 2. The molecule has 0 fully saturated rings. The predicted molar refractivity (Wildman–Crippen MR) is 113 cm³/mol. The molecule has 8 nitrogen and oxygen atoms in total. The van der Waals surface area contributed by atoms with E-state index in [0.29, 0.717) is 17.3 Å². The van der Waals surface area contributed by atoms with Crippen molar-refractivity contribution >= 4 is 23.3 Å². The number of amides is 2. The third kappa shape index (κ3) is 3.59. The Bertz CT molecular complexity index is 1100. The minimum Gasteiger partial charge on any atom is -0.497 e. The van der Waals surface area contributed by atoms with E-state index in [1.165, 1.54) is 0 Å². The topological polar surface area (TPSA) is 94.5 Å². The second kappa shape index (κ2) is 7.90. The van der Waals surface area contributed by atoms with Gasteiger partial charge in [-0.2, -0.15) is 5.10 Å². The molecule has 3 aromatic rings. The number of aryl methyl sites for hydroxylation is 1. The molecular weight excluding hydrogens is 384 g/mol. The summed E-state index contributed by atoms with van der Waals surface area (Å²) in [7, 11) is 3.17. The van der Waals surface area contributed by atoms with Gasteiger partial charge in [0.1, 0.15) is 23.4 Å². The van der Waals surface area contributed by atoms with Gasteiger partial charge < -0.3 is 20.1 Å². The fraction of sp³-hybridized carbons (Fsp3) is 0.227. The van der Waals surface area contributed by atoms with Crippen molar-refractivity contribution in [3.8, 4) is 22.6 Å². The Morgan fingerprint density at radius 1 is 1.13 bits per heavy atom. The normalized spacial score (nSPS) is 14.8. The number of carbonyl (C=O) groups is 2. The number of hydrogen-bond donors (Lipinski definition) is 2. The van der Waals surface area contributed by atoms with Gasteiger partial charge in [-0.25, -0.2) is 4.68 Å². The van der Waals surface area contributed by atoms with Crippen molar-refractivity contribution in [3.63, 3.8) is 0 Å². The number of carbonyl (C=O) groups excluding carboxylic acids is 2. The monoisotopic (exact) mass is 406 g/mol. The Balaban J connectivity index is 1.56. The van der Waals surface area contributed by atoms with Crippen LogP contribution in [0.4, 0.5) is 11.5 Å². The zero-order chi connectivity index (χ0) is 21.3. The van der Waals surface area contributed by atoms with Crippen molar-refractivity contribution < 1.29 is 19.1 Å². The molecule has 4 rings (SSSR count). The molecule has 0 aliphatic carbocycles. The summed E-state index contributed by atoms with van der Waals surface area (Å²) in [5, 5.41) is 10.2. The minimum absolute atomic E-state index is 0.0286. The minimum atomic E-state index is -0.712. The number of methoxy groups -OCH3 is 2. The first kappa shape index (κ1) is 19.5. The summed E-state index contributed by atoms with van der Waals surface area (Å²) in [5.74, 6) is 1.45. The summed E-state index contributed by atoms with van der Waals surface area (Å²) in [6.45, 7) is 1.88. The molecule has 1 aromatic heterocycles. The molecule has 1 unspecified atom stereocenters. The predicted octanol–water partition coefficient (Wildman–Crippen LogP) is 3.40. The van der Waals surface area contributed by atoms with Gasteiger partial charge >= 0.3 is 0 Å². The van der Waals surface area contributed by atoms with Crippen LogP contribution in [0.5, 0.6) is 11.5 Å². The largest absolute Gasteiger partial charge is 0.497 e. The van der Waals surface area contributed by atoms with Crippen molar-refractivity contribution in [1.29, 1.82) is 0 Å². The molecule has 154 valence electrons. The van der Waals surface area contributed by atoms with E-state index in [0.717, 1.165) is 22.6 Å². The Labute approximate surface area is 173 Å². The molecule has 1 aliphatic heterocycles. The zero-order valence-electron chi connectivity index (χ0n) is 16.9. The van der Waals surface area contributed by atoms with Crippen LogP contribution in [0.1, 0.15) is 18.2 Å². The van der Waals surface area contributed by atoms with E-state index in [-0.39, 0.29) is 18.2 Å². The molecule has 30 heavy (non-hydrogen) atoms. The lowest BCUT2D eigenvalue weighted by molar-refractivity contribution is -0.123. The van der Waals surface area contributed by atoms with Gasteiger partial charge in [-0.3, -0.25) is 9.59 Å². The molecular formula is C22H22N4O4. The van der Waals surface area contributed by atoms with E-state index < -0.39 is 6.04 Å². The third-order valence-corrected chi connectivity index (χ3v) is 5.04. The van der Waals surface area contributed by atoms with Crippen molar-refractivity contribution in [2.24, 2.45) is 0 Å². The number of nitrogens with one attached hydrogen (secondary N) is 2. The maximum Gasteiger partial charge on any atom is 0.251 e. The Morgan fingerprint density at radius 2 is 1.87 bits per heavy atom. The third-order valence-electron chi connectivity index (χ3n) is 5.04. The standard InChI is InChI=1S/C22H22N4O4/c1-13-20(14-7-9-16(29-2)10-8-14)21-24-22(28)18(26(21)25-13)12-19(27)23-15-5-4-6-17(11-15)30-3/h4-11,18H,12H2,1-3H3,(H,23,27)(H,24,28). The summed E-state index contributed by atoms with van der Waals surface area (Å²) >= 11 is 0. The molecule has 0 saturated heterocycles. The Kier molecular flexibility index (Phi) is 5.14. The summed E-state index contributed by atoms with van der Waals surface area (Å²) in [4.78, 5) is 25.2. The highest BCUT2D eigenvalue weighted by atomic mass is 16.5. The Hall–Kier alpha value is -3.81. The van der Waals surface area contributed by atoms with E-state index >= 15 is 0 Å². The van der Waals surface area contributed by atoms with Gasteiger partial charge in [-0.1, -0.05) is 18.2 Å². The lowest BCUT2D eigenvalue weighted by Gasteiger charge is -2.10. The summed E-state index contributed by atoms with van der Waals surface area (Å²) in [5.41, 5.74) is 3.12. The molecule has 1 atom stereocenters. The van der Waals surface area contributed by atoms with E-state index in [2.05, 4.69) is 15.7 Å². The summed E-state index contributed by atoms with van der Waals surface area (Å²) < 4.78 is 12.0. The lowest BCUT2D eigenvalue weighted by Crippen LogP contribution is -2.23. The fourth-order valence-corrected chi connectivity index (χ4v) is 3.57. The van der Waals surface area contributed by atoms with Gasteiger partial charge in [-0.05, 0) is 36.8 Å². The number of aromatic nitrogens is 2. The van der Waals surface area contributed by atoms with Gasteiger partial charge in [0, 0.05) is 17.3 Å². The van der Waals surface area contributed by atoms with Crippen LogP contribution < -0.4 is 20.1 Å². The second-order valence-electron chi connectivity index (χ2n) is 6.97. The lowest BCUT2D eigenvalue weighted by atomic mass is 10.1. The van der Waals surface area contributed by atoms with Crippen LogP contribution in [0, 0.1) is 6.92 Å². The number of benzene rings is 2. The molecule has 2 aromatic carbocycles. The van der Waals surface area contributed by atoms with Crippen molar-refractivity contribution in [3.05, 3.63) is 54.2 Å². The van der Waals surface area contributed by atoms with Crippen LogP contribution in [0.2, 0.25) is 0 Å². The summed E-state index contributed by atoms with van der Waals surface area (Å²) in [6, 6.07) is 13.9. The number of nitrogens with zero attached hydrogens (tertiary/aromatic N) is 2. The van der Waals surface area contributed by atoms with Crippen molar-refractivity contribution in [2.45, 2.75) is 19.4 Å². The van der Waals surface area contributed by atoms with Gasteiger partial charge in [0.2, 0.25) is 5.91 Å². The quantitative estimate of drug-likeness (QED) is 0.654. The average molecular weight is 406 g/mol. The molecule has 2 amide bonds. The van der Waals surface area contributed by atoms with Crippen molar-refractivity contribution in [1.82, 2.24) is 9.78 Å². The smallest absolute Gasteiger partial charge is 0.251 e. The summed E-state index contributed by atoms with van der Waals surface area (Å²) in [6.07, 6.45) is -0.0286. The highest BCUT2D eigenvalue weighted by Gasteiger charge is 2.36. The molecule has 0 bridgehead atoms. The van der Waals surface area contributed by atoms with E-state index in [9.17, 15) is 9.59 Å². The molecule has 2 heterocycles. The highest BCUT2D eigenvalue weighted by Crippen LogP contribution is 2.38. The first-order valence-electron chi connectivity index (χ1n) is 9.48. The van der Waals surface area contributed by atoms with Crippen LogP contribution in [-0.2, 0) is 9.59 Å². The first-order valence-corrected chi connectivity index (χ1v) is 9.48. The van der Waals surface area contributed by atoms with E-state index in [1.54, 1.807) is 43.2 Å². The number of hydrogen-bond acceptors (Lipinski definition) is 5. The fourth-order valence-electron chi connectivity index (χ4n) is 3.57. The first-order chi connectivity index (χ1) is 14.5. The molecule has 0 radical (unpaired) electrons. The molecule has 0 spiro atoms. The molecule has 1 aliphatic rings. The van der Waals surface area contributed by atoms with E-state index in [1.807, 2.05) is 31.2 Å². The van der Waals surface area contributed by atoms with Crippen LogP contribution in [0.25, 0.3) is 11.1 Å².